The third-order valence-electron chi connectivity index (χ3n) is 1.83. The number of hydrogen-bond acceptors (Lipinski definition) is 3. The molecule has 0 fully saturated rings. The lowest BCUT2D eigenvalue weighted by molar-refractivity contribution is 0.0697. The van der Waals surface area contributed by atoms with Crippen molar-refractivity contribution >= 4 is 17.3 Å². The molecule has 3 N–H and O–H groups in total. The van der Waals surface area contributed by atoms with E-state index in [1.165, 1.54) is 0 Å². The number of hydrogen-bond donors (Lipinski definition) is 3. The fourth-order valence-corrected chi connectivity index (χ4v) is 1.19. The highest BCUT2D eigenvalue weighted by Crippen LogP contribution is 2.25. The Kier molecular flexibility index (Phi) is 1.66. The fourth-order valence-electron chi connectivity index (χ4n) is 1.19. The fraction of sp³-hybridized carbons (Fsp3) is 0. The van der Waals surface area contributed by atoms with Crippen LogP contribution < -0.4 is 10.6 Å². The van der Waals surface area contributed by atoms with E-state index in [0.717, 1.165) is 11.4 Å². The van der Waals surface area contributed by atoms with Gasteiger partial charge in [0, 0.05) is 12.4 Å². The van der Waals surface area contributed by atoms with Crippen molar-refractivity contribution in [3.63, 3.8) is 0 Å². The van der Waals surface area contributed by atoms with Gasteiger partial charge in [0.15, 0.2) is 0 Å². The third-order valence-corrected chi connectivity index (χ3v) is 1.83. The van der Waals surface area contributed by atoms with Crippen molar-refractivity contribution in [3.05, 3.63) is 36.2 Å². The van der Waals surface area contributed by atoms with Crippen LogP contribution in [0.4, 0.5) is 11.4 Å². The molecule has 0 saturated heterocycles. The van der Waals surface area contributed by atoms with Crippen LogP contribution >= 0.6 is 0 Å². The minimum Gasteiger partial charge on any atom is -0.478 e. The largest absolute Gasteiger partial charge is 0.478 e. The molecule has 1 aliphatic heterocycles. The van der Waals surface area contributed by atoms with Gasteiger partial charge in [-0.25, -0.2) is 4.79 Å². The summed E-state index contributed by atoms with van der Waals surface area (Å²) in [5.41, 5.74) is 1.94. The molecule has 0 amide bonds. The monoisotopic (exact) mass is 176 g/mol. The van der Waals surface area contributed by atoms with Gasteiger partial charge in [-0.15, -0.1) is 0 Å². The summed E-state index contributed by atoms with van der Waals surface area (Å²) < 4.78 is 0. The Hall–Kier alpha value is -1.97. The molecule has 4 nitrogen and oxygen atoms in total. The molecule has 1 aromatic rings. The van der Waals surface area contributed by atoms with Gasteiger partial charge in [0.1, 0.15) is 0 Å². The minimum atomic E-state index is -0.917. The summed E-state index contributed by atoms with van der Waals surface area (Å²) in [7, 11) is 0. The average molecular weight is 176 g/mol. The first-order valence-electron chi connectivity index (χ1n) is 3.83. The molecule has 0 atom stereocenters. The smallest absolute Gasteiger partial charge is 0.335 e. The standard InChI is InChI=1S/C9H8N2O2/c12-9(13)6-1-2-7-8(5-6)11-4-3-10-7/h1-5,10-11H,(H,12,13). The van der Waals surface area contributed by atoms with Crippen LogP contribution in [-0.4, -0.2) is 11.1 Å². The van der Waals surface area contributed by atoms with E-state index in [0.29, 0.717) is 0 Å². The van der Waals surface area contributed by atoms with E-state index in [1.807, 2.05) is 0 Å². The van der Waals surface area contributed by atoms with Gasteiger partial charge in [-0.3, -0.25) is 0 Å². The number of rotatable bonds is 1. The van der Waals surface area contributed by atoms with Gasteiger partial charge in [0.2, 0.25) is 0 Å². The molecule has 0 aromatic heterocycles. The maximum Gasteiger partial charge on any atom is 0.335 e. The van der Waals surface area contributed by atoms with Gasteiger partial charge in [0.05, 0.1) is 16.9 Å². The lowest BCUT2D eigenvalue weighted by Gasteiger charge is -2.14. The first-order chi connectivity index (χ1) is 6.27. The molecule has 1 aliphatic rings. The van der Waals surface area contributed by atoms with Crippen molar-refractivity contribution < 1.29 is 9.90 Å². The Morgan fingerprint density at radius 3 is 2.54 bits per heavy atom. The average Bonchev–Trinajstić information content (AvgIpc) is 2.17. The van der Waals surface area contributed by atoms with Crippen LogP contribution in [0.3, 0.4) is 0 Å². The lowest BCUT2D eigenvalue weighted by Crippen LogP contribution is -2.04. The molecule has 0 bridgehead atoms. The Labute approximate surface area is 74.9 Å². The molecule has 0 unspecified atom stereocenters. The molecule has 2 rings (SSSR count). The highest BCUT2D eigenvalue weighted by atomic mass is 16.4. The van der Waals surface area contributed by atoms with Gasteiger partial charge in [-0.2, -0.15) is 0 Å². The minimum absolute atomic E-state index is 0.281. The summed E-state index contributed by atoms with van der Waals surface area (Å²) in [6, 6.07) is 4.89. The third kappa shape index (κ3) is 1.33. The molecular formula is C9H8N2O2. The number of fused-ring (bicyclic) bond motifs is 1. The maximum atomic E-state index is 10.6. The first kappa shape index (κ1) is 7.67. The Balaban J connectivity index is 2.44. The Morgan fingerprint density at radius 2 is 1.85 bits per heavy atom. The van der Waals surface area contributed by atoms with Crippen LogP contribution in [-0.2, 0) is 0 Å². The molecule has 1 heterocycles. The second-order valence-corrected chi connectivity index (χ2v) is 2.69. The van der Waals surface area contributed by atoms with E-state index >= 15 is 0 Å². The number of carboxylic acid groups (broad SMARTS) is 1. The topological polar surface area (TPSA) is 61.4 Å². The summed E-state index contributed by atoms with van der Waals surface area (Å²) in [5, 5.41) is 14.7. The van der Waals surface area contributed by atoms with Crippen LogP contribution in [0.25, 0.3) is 0 Å². The van der Waals surface area contributed by atoms with Gasteiger partial charge in [-0.05, 0) is 18.2 Å². The van der Waals surface area contributed by atoms with E-state index < -0.39 is 5.97 Å². The number of anilines is 2. The quantitative estimate of drug-likeness (QED) is 0.609. The number of benzene rings is 1. The molecule has 4 heteroatoms. The number of carbonyl (C=O) groups is 1. The maximum absolute atomic E-state index is 10.6. The first-order valence-corrected chi connectivity index (χ1v) is 3.83. The Bertz CT molecular complexity index is 385. The number of aromatic carboxylic acids is 1. The zero-order valence-corrected chi connectivity index (χ0v) is 6.74. The lowest BCUT2D eigenvalue weighted by atomic mass is 10.1. The molecule has 0 aliphatic carbocycles. The van der Waals surface area contributed by atoms with E-state index in [4.69, 9.17) is 5.11 Å². The molecule has 0 spiro atoms. The second-order valence-electron chi connectivity index (χ2n) is 2.69. The van der Waals surface area contributed by atoms with Crippen molar-refractivity contribution in [2.45, 2.75) is 0 Å². The van der Waals surface area contributed by atoms with Crippen molar-refractivity contribution in [1.29, 1.82) is 0 Å². The highest BCUT2D eigenvalue weighted by Gasteiger charge is 2.08. The van der Waals surface area contributed by atoms with Crippen LogP contribution in [0.2, 0.25) is 0 Å². The van der Waals surface area contributed by atoms with Gasteiger partial charge < -0.3 is 15.7 Å². The number of carboxylic acids is 1. The molecule has 13 heavy (non-hydrogen) atoms. The SMILES string of the molecule is O=C(O)c1ccc2c(c1)NC=CN2. The van der Waals surface area contributed by atoms with Crippen molar-refractivity contribution in [1.82, 2.24) is 0 Å². The van der Waals surface area contributed by atoms with Gasteiger partial charge in [-0.1, -0.05) is 0 Å². The summed E-state index contributed by atoms with van der Waals surface area (Å²) in [4.78, 5) is 10.6. The molecule has 0 saturated carbocycles. The van der Waals surface area contributed by atoms with E-state index in [2.05, 4.69) is 10.6 Å². The zero-order chi connectivity index (χ0) is 9.26. The summed E-state index contributed by atoms with van der Waals surface area (Å²) >= 11 is 0. The Morgan fingerprint density at radius 1 is 1.15 bits per heavy atom. The van der Waals surface area contributed by atoms with Crippen LogP contribution in [0, 0.1) is 0 Å². The summed E-state index contributed by atoms with van der Waals surface area (Å²) in [5.74, 6) is -0.917. The summed E-state index contributed by atoms with van der Waals surface area (Å²) in [6.45, 7) is 0. The van der Waals surface area contributed by atoms with E-state index in [-0.39, 0.29) is 5.56 Å². The highest BCUT2D eigenvalue weighted by molar-refractivity contribution is 5.91. The normalized spacial score (nSPS) is 12.6. The van der Waals surface area contributed by atoms with Crippen LogP contribution in [0.1, 0.15) is 10.4 Å². The number of nitrogens with one attached hydrogen (secondary N) is 2. The predicted octanol–water partition coefficient (Wildman–Crippen LogP) is 1.69. The van der Waals surface area contributed by atoms with Gasteiger partial charge in [0.25, 0.3) is 0 Å². The van der Waals surface area contributed by atoms with Crippen LogP contribution in [0.15, 0.2) is 30.6 Å². The molecule has 66 valence electrons. The van der Waals surface area contributed by atoms with E-state index in [9.17, 15) is 4.79 Å². The zero-order valence-electron chi connectivity index (χ0n) is 6.74. The molecule has 1 aromatic carbocycles. The molecular weight excluding hydrogens is 168 g/mol. The predicted molar refractivity (Wildman–Crippen MR) is 49.8 cm³/mol. The van der Waals surface area contributed by atoms with Crippen molar-refractivity contribution in [2.24, 2.45) is 0 Å². The van der Waals surface area contributed by atoms with Crippen LogP contribution in [0.5, 0.6) is 0 Å². The second kappa shape index (κ2) is 2.82. The van der Waals surface area contributed by atoms with E-state index in [1.54, 1.807) is 30.6 Å². The van der Waals surface area contributed by atoms with Crippen molar-refractivity contribution in [3.8, 4) is 0 Å². The summed E-state index contributed by atoms with van der Waals surface area (Å²) in [6.07, 6.45) is 3.47. The van der Waals surface area contributed by atoms with Gasteiger partial charge >= 0.3 is 5.97 Å². The molecule has 0 radical (unpaired) electrons. The van der Waals surface area contributed by atoms with Crippen molar-refractivity contribution in [2.75, 3.05) is 10.6 Å².